The highest BCUT2D eigenvalue weighted by Gasteiger charge is 2.14. The number of carbonyl (C=O) groups excluding carboxylic acids is 1. The first-order chi connectivity index (χ1) is 12.3. The number of hydrogen-bond acceptors (Lipinski definition) is 5. The van der Waals surface area contributed by atoms with Crippen LogP contribution in [0.15, 0.2) is 41.3 Å². The van der Waals surface area contributed by atoms with Crippen LogP contribution in [0.4, 0.5) is 0 Å². The second kappa shape index (κ2) is 9.31. The van der Waals surface area contributed by atoms with E-state index >= 15 is 0 Å². The van der Waals surface area contributed by atoms with Crippen LogP contribution in [-0.4, -0.2) is 27.9 Å². The molecule has 7 heteroatoms. The maximum atomic E-state index is 11.5. The number of nitrogens with one attached hydrogen (secondary N) is 2. The maximum Gasteiger partial charge on any atom is 0.248 e. The number of carbonyl (C=O) groups is 1. The van der Waals surface area contributed by atoms with Crippen LogP contribution in [0.25, 0.3) is 11.1 Å². The van der Waals surface area contributed by atoms with E-state index in [0.717, 1.165) is 17.5 Å². The van der Waals surface area contributed by atoms with Crippen molar-refractivity contribution in [3.8, 4) is 0 Å². The third kappa shape index (κ3) is 4.89. The lowest BCUT2D eigenvalue weighted by Crippen LogP contribution is -2.15. The monoisotopic (exact) mass is 354 g/mol. The first-order valence-electron chi connectivity index (χ1n) is 8.17. The molecule has 7 nitrogen and oxygen atoms in total. The van der Waals surface area contributed by atoms with Crippen LogP contribution >= 0.6 is 0 Å². The number of rotatable bonds is 8. The van der Waals surface area contributed by atoms with Crippen molar-refractivity contribution in [2.75, 3.05) is 0 Å². The highest BCUT2D eigenvalue weighted by atomic mass is 16.1. The molecule has 138 valence electrons. The number of nitrogens with two attached hydrogens (primary N) is 2. The predicted octanol–water partition coefficient (Wildman–Crippen LogP) is 2.56. The van der Waals surface area contributed by atoms with Crippen LogP contribution in [0.3, 0.4) is 0 Å². The van der Waals surface area contributed by atoms with Gasteiger partial charge in [-0.25, -0.2) is 4.98 Å². The molecule has 26 heavy (non-hydrogen) atoms. The zero-order valence-electron chi connectivity index (χ0n) is 15.6. The lowest BCUT2D eigenvalue weighted by molar-refractivity contribution is -0.114. The van der Waals surface area contributed by atoms with Crippen molar-refractivity contribution in [3.63, 3.8) is 0 Å². The number of amides is 1. The largest absolute Gasteiger partial charge is 0.398 e. The summed E-state index contributed by atoms with van der Waals surface area (Å²) in [5.41, 5.74) is 14.8. The molecule has 0 aliphatic carbocycles. The van der Waals surface area contributed by atoms with Crippen LogP contribution in [0.5, 0.6) is 0 Å². The fourth-order valence-electron chi connectivity index (χ4n) is 2.44. The summed E-state index contributed by atoms with van der Waals surface area (Å²) in [5, 5.41) is 14.9. The lowest BCUT2D eigenvalue weighted by atomic mass is 10.0. The van der Waals surface area contributed by atoms with E-state index in [-0.39, 0.29) is 5.70 Å². The van der Waals surface area contributed by atoms with Gasteiger partial charge in [-0.05, 0) is 38.0 Å². The van der Waals surface area contributed by atoms with Crippen LogP contribution in [0.2, 0.25) is 0 Å². The molecular formula is C19H26N6O. The molecule has 1 aromatic heterocycles. The van der Waals surface area contributed by atoms with Crippen LogP contribution in [0.1, 0.15) is 38.7 Å². The van der Waals surface area contributed by atoms with E-state index in [4.69, 9.17) is 22.3 Å². The molecule has 0 aromatic carbocycles. The van der Waals surface area contributed by atoms with Crippen molar-refractivity contribution < 1.29 is 4.79 Å². The van der Waals surface area contributed by atoms with Crippen LogP contribution in [-0.2, 0) is 11.8 Å². The van der Waals surface area contributed by atoms with Crippen molar-refractivity contribution in [1.29, 1.82) is 10.8 Å². The van der Waals surface area contributed by atoms with E-state index < -0.39 is 5.91 Å². The Kier molecular flexibility index (Phi) is 7.46. The normalized spacial score (nSPS) is 14.1. The van der Waals surface area contributed by atoms with Gasteiger partial charge in [0.15, 0.2) is 0 Å². The quantitative estimate of drug-likeness (QED) is 0.324. The average Bonchev–Trinajstić information content (AvgIpc) is 2.97. The summed E-state index contributed by atoms with van der Waals surface area (Å²) in [4.78, 5) is 16.1. The average molecular weight is 354 g/mol. The summed E-state index contributed by atoms with van der Waals surface area (Å²) in [5.74, 6) is 0.0798. The summed E-state index contributed by atoms with van der Waals surface area (Å²) in [6.45, 7) is 5.58. The molecule has 1 rings (SSSR count). The molecule has 0 bridgehead atoms. The van der Waals surface area contributed by atoms with Gasteiger partial charge in [-0.15, -0.1) is 0 Å². The summed E-state index contributed by atoms with van der Waals surface area (Å²) in [6, 6.07) is 0. The first kappa shape index (κ1) is 20.8. The third-order valence-corrected chi connectivity index (χ3v) is 3.83. The van der Waals surface area contributed by atoms with Gasteiger partial charge >= 0.3 is 0 Å². The number of primary amides is 1. The molecule has 0 saturated carbocycles. The molecule has 1 amide bonds. The van der Waals surface area contributed by atoms with Gasteiger partial charge in [0.25, 0.3) is 0 Å². The van der Waals surface area contributed by atoms with Crippen molar-refractivity contribution in [2.24, 2.45) is 18.5 Å². The van der Waals surface area contributed by atoms with Gasteiger partial charge in [-0.2, -0.15) is 0 Å². The SMILES string of the molecule is CC/C=C(/C=C(N)\C(C=N)=C(/C)c1nc(/C(C)=C/C=N)cn1C)C(N)=O. The second-order valence-corrected chi connectivity index (χ2v) is 5.79. The Bertz CT molecular complexity index is 836. The Balaban J connectivity index is 3.46. The third-order valence-electron chi connectivity index (χ3n) is 3.83. The van der Waals surface area contributed by atoms with Crippen molar-refractivity contribution >= 4 is 29.5 Å². The minimum atomic E-state index is -0.566. The number of nitrogens with zero attached hydrogens (tertiary/aromatic N) is 2. The summed E-state index contributed by atoms with van der Waals surface area (Å²) >= 11 is 0. The van der Waals surface area contributed by atoms with Gasteiger partial charge in [0.1, 0.15) is 5.82 Å². The Morgan fingerprint density at radius 3 is 2.46 bits per heavy atom. The van der Waals surface area contributed by atoms with Crippen LogP contribution in [0, 0.1) is 10.8 Å². The fourth-order valence-corrected chi connectivity index (χ4v) is 2.44. The lowest BCUT2D eigenvalue weighted by Gasteiger charge is -2.09. The number of aromatic nitrogens is 2. The molecular weight excluding hydrogens is 328 g/mol. The Morgan fingerprint density at radius 1 is 1.31 bits per heavy atom. The van der Waals surface area contributed by atoms with E-state index in [9.17, 15) is 4.79 Å². The van der Waals surface area contributed by atoms with Crippen molar-refractivity contribution in [3.05, 3.63) is 52.8 Å². The van der Waals surface area contributed by atoms with Gasteiger partial charge < -0.3 is 26.9 Å². The van der Waals surface area contributed by atoms with Gasteiger partial charge in [0.05, 0.1) is 5.69 Å². The molecule has 0 aliphatic rings. The minimum absolute atomic E-state index is 0.271. The zero-order chi connectivity index (χ0) is 19.9. The first-order valence-corrected chi connectivity index (χ1v) is 8.17. The topological polar surface area (TPSA) is 135 Å². The molecule has 0 spiro atoms. The van der Waals surface area contributed by atoms with Crippen LogP contribution < -0.4 is 11.5 Å². The Morgan fingerprint density at radius 2 is 1.96 bits per heavy atom. The molecule has 0 fully saturated rings. The number of allylic oxidation sites excluding steroid dienone is 5. The van der Waals surface area contributed by atoms with Gasteiger partial charge in [0, 0.05) is 48.1 Å². The number of imidazole rings is 1. The van der Waals surface area contributed by atoms with Crippen molar-refractivity contribution in [1.82, 2.24) is 9.55 Å². The summed E-state index contributed by atoms with van der Waals surface area (Å²) in [7, 11) is 1.85. The molecule has 6 N–H and O–H groups in total. The Hall–Kier alpha value is -3.22. The van der Waals surface area contributed by atoms with E-state index in [1.165, 1.54) is 12.3 Å². The van der Waals surface area contributed by atoms with Gasteiger partial charge in [-0.1, -0.05) is 13.0 Å². The minimum Gasteiger partial charge on any atom is -0.398 e. The molecule has 0 aliphatic heterocycles. The fraction of sp³-hybridized carbons (Fsp3) is 0.263. The molecule has 0 atom stereocenters. The molecule has 0 unspecified atom stereocenters. The molecule has 1 heterocycles. The number of aryl methyl sites for hydroxylation is 1. The standard InChI is InChI=1S/C19H26N6O/c1-5-6-14(18(23)26)9-16(22)15(10-21)13(3)19-24-17(11-25(19)4)12(2)7-8-20/h6-11,20-21H,5,22H2,1-4H3,(H2,23,26)/b12-7+,14-6-,15-13+,16-9+,20-8?,21-10?. The van der Waals surface area contributed by atoms with E-state index in [2.05, 4.69) is 4.98 Å². The molecule has 0 radical (unpaired) electrons. The number of hydrogen-bond donors (Lipinski definition) is 4. The van der Waals surface area contributed by atoms with Gasteiger partial charge in [0.2, 0.25) is 5.91 Å². The summed E-state index contributed by atoms with van der Waals surface area (Å²) in [6.07, 6.45) is 9.68. The Labute approximate surface area is 153 Å². The van der Waals surface area contributed by atoms with E-state index in [1.54, 1.807) is 12.2 Å². The van der Waals surface area contributed by atoms with E-state index in [0.29, 0.717) is 29.0 Å². The van der Waals surface area contributed by atoms with Gasteiger partial charge in [-0.3, -0.25) is 4.79 Å². The summed E-state index contributed by atoms with van der Waals surface area (Å²) < 4.78 is 1.83. The zero-order valence-corrected chi connectivity index (χ0v) is 15.6. The van der Waals surface area contributed by atoms with E-state index in [1.807, 2.05) is 38.6 Å². The van der Waals surface area contributed by atoms with Crippen molar-refractivity contribution in [2.45, 2.75) is 27.2 Å². The smallest absolute Gasteiger partial charge is 0.248 e. The predicted molar refractivity (Wildman–Crippen MR) is 107 cm³/mol. The highest BCUT2D eigenvalue weighted by molar-refractivity contribution is 5.97. The molecule has 0 saturated heterocycles. The highest BCUT2D eigenvalue weighted by Crippen LogP contribution is 2.22. The maximum absolute atomic E-state index is 11.5. The second-order valence-electron chi connectivity index (χ2n) is 5.79. The molecule has 1 aromatic rings.